The Kier molecular flexibility index (Phi) is 4.61. The molecule has 1 aliphatic heterocycles. The number of hydrogen-bond acceptors (Lipinski definition) is 4. The number of aliphatic imine (C=N–C) groups is 1. The summed E-state index contributed by atoms with van der Waals surface area (Å²) < 4.78 is 1.16. The summed E-state index contributed by atoms with van der Waals surface area (Å²) in [4.78, 5) is 11.6. The van der Waals surface area contributed by atoms with Gasteiger partial charge in [0.2, 0.25) is 0 Å². The number of guanidine groups is 1. The van der Waals surface area contributed by atoms with Gasteiger partial charge in [-0.25, -0.2) is 4.98 Å². The first-order valence-corrected chi connectivity index (χ1v) is 9.67. The van der Waals surface area contributed by atoms with Crippen molar-refractivity contribution < 1.29 is 0 Å². The maximum Gasteiger partial charge on any atom is 0.191 e. The molecule has 0 spiro atoms. The molecule has 1 aliphatic carbocycles. The van der Waals surface area contributed by atoms with Crippen molar-refractivity contribution in [2.45, 2.75) is 37.9 Å². The number of halogens is 1. The van der Waals surface area contributed by atoms with Crippen molar-refractivity contribution in [3.05, 3.63) is 28.2 Å². The van der Waals surface area contributed by atoms with E-state index in [2.05, 4.69) is 25.5 Å². The Bertz CT molecular complexity index is 755. The SMILES string of the molecule is CN=C(NCc1nc2cc(Cl)ccc2s1)NC1CCN(C2CC2)C1. The number of aromatic nitrogens is 1. The smallest absolute Gasteiger partial charge is 0.191 e. The van der Waals surface area contributed by atoms with Gasteiger partial charge < -0.3 is 10.6 Å². The van der Waals surface area contributed by atoms with Crippen LogP contribution in [-0.2, 0) is 6.54 Å². The van der Waals surface area contributed by atoms with Crippen LogP contribution < -0.4 is 10.6 Å². The first-order chi connectivity index (χ1) is 11.7. The molecule has 2 fully saturated rings. The minimum Gasteiger partial charge on any atom is -0.352 e. The van der Waals surface area contributed by atoms with Gasteiger partial charge in [0.15, 0.2) is 5.96 Å². The molecule has 7 heteroatoms. The van der Waals surface area contributed by atoms with Gasteiger partial charge in [-0.1, -0.05) is 11.6 Å². The highest BCUT2D eigenvalue weighted by molar-refractivity contribution is 7.18. The molecule has 1 unspecified atom stereocenters. The van der Waals surface area contributed by atoms with E-state index in [1.54, 1.807) is 11.3 Å². The van der Waals surface area contributed by atoms with E-state index < -0.39 is 0 Å². The number of rotatable bonds is 4. The highest BCUT2D eigenvalue weighted by Gasteiger charge is 2.34. The number of nitrogens with zero attached hydrogens (tertiary/aromatic N) is 3. The molecule has 24 heavy (non-hydrogen) atoms. The van der Waals surface area contributed by atoms with Gasteiger partial charge in [-0.15, -0.1) is 11.3 Å². The zero-order valence-electron chi connectivity index (χ0n) is 13.8. The van der Waals surface area contributed by atoms with Gasteiger partial charge in [0.1, 0.15) is 5.01 Å². The number of benzene rings is 1. The molecule has 0 radical (unpaired) electrons. The van der Waals surface area contributed by atoms with Crippen LogP contribution in [-0.4, -0.2) is 48.1 Å². The molecule has 2 aliphatic rings. The molecular formula is C17H22ClN5S. The first kappa shape index (κ1) is 16.1. The Hall–Kier alpha value is -1.37. The van der Waals surface area contributed by atoms with Crippen molar-refractivity contribution in [1.82, 2.24) is 20.5 Å². The predicted molar refractivity (Wildman–Crippen MR) is 101 cm³/mol. The fourth-order valence-corrected chi connectivity index (χ4v) is 4.30. The van der Waals surface area contributed by atoms with E-state index in [0.29, 0.717) is 12.6 Å². The van der Waals surface area contributed by atoms with Gasteiger partial charge in [0.25, 0.3) is 0 Å². The van der Waals surface area contributed by atoms with E-state index in [1.807, 2.05) is 25.2 Å². The molecule has 2 aromatic rings. The average Bonchev–Trinajstić information content (AvgIpc) is 3.19. The second kappa shape index (κ2) is 6.86. The molecule has 1 saturated carbocycles. The molecule has 1 atom stereocenters. The van der Waals surface area contributed by atoms with Gasteiger partial charge >= 0.3 is 0 Å². The average molecular weight is 364 g/mol. The third-order valence-corrected chi connectivity index (χ3v) is 5.92. The number of fused-ring (bicyclic) bond motifs is 1. The zero-order valence-corrected chi connectivity index (χ0v) is 15.3. The third kappa shape index (κ3) is 3.66. The summed E-state index contributed by atoms with van der Waals surface area (Å²) in [5, 5.41) is 8.70. The van der Waals surface area contributed by atoms with E-state index >= 15 is 0 Å². The molecule has 1 aromatic carbocycles. The summed E-state index contributed by atoms with van der Waals surface area (Å²) in [6, 6.07) is 7.18. The molecule has 1 aromatic heterocycles. The topological polar surface area (TPSA) is 52.6 Å². The van der Waals surface area contributed by atoms with E-state index in [9.17, 15) is 0 Å². The predicted octanol–water partition coefficient (Wildman–Crippen LogP) is 2.85. The fourth-order valence-electron chi connectivity index (χ4n) is 3.25. The summed E-state index contributed by atoms with van der Waals surface area (Å²) >= 11 is 7.72. The Morgan fingerprint density at radius 3 is 3.08 bits per heavy atom. The van der Waals surface area contributed by atoms with Gasteiger partial charge in [-0.3, -0.25) is 9.89 Å². The van der Waals surface area contributed by atoms with Crippen molar-refractivity contribution >= 4 is 39.1 Å². The van der Waals surface area contributed by atoms with Gasteiger partial charge in [-0.05, 0) is 37.5 Å². The molecule has 1 saturated heterocycles. The molecule has 4 rings (SSSR count). The number of likely N-dealkylation sites (tertiary alicyclic amines) is 1. The van der Waals surface area contributed by atoms with Crippen LogP contribution in [0.25, 0.3) is 10.2 Å². The van der Waals surface area contributed by atoms with Crippen LogP contribution in [0.15, 0.2) is 23.2 Å². The number of nitrogens with one attached hydrogen (secondary N) is 2. The van der Waals surface area contributed by atoms with Crippen LogP contribution in [0.1, 0.15) is 24.3 Å². The van der Waals surface area contributed by atoms with Crippen LogP contribution in [0.4, 0.5) is 0 Å². The normalized spacial score (nSPS) is 22.2. The van der Waals surface area contributed by atoms with Crippen molar-refractivity contribution in [3.63, 3.8) is 0 Å². The van der Waals surface area contributed by atoms with Crippen LogP contribution >= 0.6 is 22.9 Å². The van der Waals surface area contributed by atoms with Crippen molar-refractivity contribution in [1.29, 1.82) is 0 Å². The number of thiazole rings is 1. The standard InChI is InChI=1S/C17H22ClN5S/c1-19-17(21-12-6-7-23(10-12)13-3-4-13)20-9-16-22-14-8-11(18)2-5-15(14)24-16/h2,5,8,12-13H,3-4,6-7,9-10H2,1H3,(H2,19,20,21). The fraction of sp³-hybridized carbons (Fsp3) is 0.529. The van der Waals surface area contributed by atoms with Gasteiger partial charge in [0, 0.05) is 37.2 Å². The largest absolute Gasteiger partial charge is 0.352 e. The Morgan fingerprint density at radius 2 is 2.29 bits per heavy atom. The van der Waals surface area contributed by atoms with Crippen molar-refractivity contribution in [2.75, 3.05) is 20.1 Å². The van der Waals surface area contributed by atoms with Crippen LogP contribution in [0.2, 0.25) is 5.02 Å². The lowest BCUT2D eigenvalue weighted by Crippen LogP contribution is -2.44. The highest BCUT2D eigenvalue weighted by atomic mass is 35.5. The molecule has 128 valence electrons. The van der Waals surface area contributed by atoms with E-state index in [4.69, 9.17) is 11.6 Å². The first-order valence-electron chi connectivity index (χ1n) is 8.47. The summed E-state index contributed by atoms with van der Waals surface area (Å²) in [5.41, 5.74) is 0.961. The van der Waals surface area contributed by atoms with Gasteiger partial charge in [0.05, 0.1) is 16.8 Å². The van der Waals surface area contributed by atoms with Crippen molar-refractivity contribution in [2.24, 2.45) is 4.99 Å². The van der Waals surface area contributed by atoms with Crippen LogP contribution in [0.3, 0.4) is 0 Å². The zero-order chi connectivity index (χ0) is 16.5. The Labute approximate surface area is 151 Å². The van der Waals surface area contributed by atoms with Crippen LogP contribution in [0.5, 0.6) is 0 Å². The highest BCUT2D eigenvalue weighted by Crippen LogP contribution is 2.29. The van der Waals surface area contributed by atoms with Gasteiger partial charge in [-0.2, -0.15) is 0 Å². The molecule has 2 heterocycles. The second-order valence-corrected chi connectivity index (χ2v) is 8.05. The summed E-state index contributed by atoms with van der Waals surface area (Å²) in [5.74, 6) is 0.856. The lowest BCUT2D eigenvalue weighted by molar-refractivity contribution is 0.321. The van der Waals surface area contributed by atoms with Crippen LogP contribution in [0, 0.1) is 0 Å². The maximum absolute atomic E-state index is 6.03. The Balaban J connectivity index is 1.32. The lowest BCUT2D eigenvalue weighted by atomic mass is 10.3. The summed E-state index contributed by atoms with van der Waals surface area (Å²) in [7, 11) is 1.82. The van der Waals surface area contributed by atoms with E-state index in [1.165, 1.54) is 25.8 Å². The molecule has 0 amide bonds. The van der Waals surface area contributed by atoms with E-state index in [0.717, 1.165) is 38.8 Å². The summed E-state index contributed by atoms with van der Waals surface area (Å²) in [6.07, 6.45) is 3.94. The maximum atomic E-state index is 6.03. The monoisotopic (exact) mass is 363 g/mol. The molecular weight excluding hydrogens is 342 g/mol. The lowest BCUT2D eigenvalue weighted by Gasteiger charge is -2.18. The molecule has 2 N–H and O–H groups in total. The second-order valence-electron chi connectivity index (χ2n) is 6.50. The quantitative estimate of drug-likeness (QED) is 0.648. The minimum absolute atomic E-state index is 0.492. The molecule has 5 nitrogen and oxygen atoms in total. The third-order valence-electron chi connectivity index (χ3n) is 4.65. The number of hydrogen-bond donors (Lipinski definition) is 2. The summed E-state index contributed by atoms with van der Waals surface area (Å²) in [6.45, 7) is 3.01. The Morgan fingerprint density at radius 1 is 1.42 bits per heavy atom. The van der Waals surface area contributed by atoms with Crippen molar-refractivity contribution in [3.8, 4) is 0 Å². The molecule has 0 bridgehead atoms. The minimum atomic E-state index is 0.492. The van der Waals surface area contributed by atoms with E-state index in [-0.39, 0.29) is 0 Å².